The van der Waals surface area contributed by atoms with Gasteiger partial charge in [0.25, 0.3) is 0 Å². The van der Waals surface area contributed by atoms with Crippen LogP contribution in [0.25, 0.3) is 10.6 Å². The van der Waals surface area contributed by atoms with Crippen molar-refractivity contribution in [3.05, 3.63) is 28.8 Å². The summed E-state index contributed by atoms with van der Waals surface area (Å²) in [7, 11) is 1.62. The lowest BCUT2D eigenvalue weighted by molar-refractivity contribution is 0.284. The van der Waals surface area contributed by atoms with E-state index in [2.05, 4.69) is 4.98 Å². The summed E-state index contributed by atoms with van der Waals surface area (Å²) in [6.07, 6.45) is 0.820. The van der Waals surface area contributed by atoms with Crippen LogP contribution in [0.3, 0.4) is 0 Å². The summed E-state index contributed by atoms with van der Waals surface area (Å²) in [6, 6.07) is 5.77. The topological polar surface area (TPSA) is 51.6 Å². The zero-order valence-electron chi connectivity index (χ0n) is 12.0. The number of aliphatic hydroxyl groups excluding tert-OH is 1. The molecule has 4 nitrogen and oxygen atoms in total. The fourth-order valence-corrected chi connectivity index (χ4v) is 2.99. The van der Waals surface area contributed by atoms with Crippen molar-refractivity contribution < 1.29 is 14.6 Å². The maximum absolute atomic E-state index is 9.36. The van der Waals surface area contributed by atoms with Gasteiger partial charge < -0.3 is 14.6 Å². The third-order valence-corrected chi connectivity index (χ3v) is 4.10. The predicted molar refractivity (Wildman–Crippen MR) is 80.6 cm³/mol. The lowest BCUT2D eigenvalue weighted by atomic mass is 10.2. The summed E-state index contributed by atoms with van der Waals surface area (Å²) in [5.41, 5.74) is 1.94. The molecule has 108 valence electrons. The minimum absolute atomic E-state index is 0.0370. The molecular weight excluding hydrogens is 274 g/mol. The molecule has 1 heterocycles. The van der Waals surface area contributed by atoms with E-state index in [1.165, 1.54) is 11.3 Å². The molecule has 0 bridgehead atoms. The van der Waals surface area contributed by atoms with Gasteiger partial charge in [-0.1, -0.05) is 6.92 Å². The van der Waals surface area contributed by atoms with E-state index < -0.39 is 0 Å². The Morgan fingerprint density at radius 3 is 2.60 bits per heavy atom. The third-order valence-electron chi connectivity index (χ3n) is 2.97. The van der Waals surface area contributed by atoms with Crippen LogP contribution in [0.5, 0.6) is 11.5 Å². The van der Waals surface area contributed by atoms with E-state index in [1.54, 1.807) is 7.11 Å². The first-order valence-electron chi connectivity index (χ1n) is 6.64. The number of aromatic nitrogens is 1. The highest BCUT2D eigenvalue weighted by atomic mass is 32.1. The van der Waals surface area contributed by atoms with Gasteiger partial charge in [-0.2, -0.15) is 0 Å². The second-order valence-corrected chi connectivity index (χ2v) is 5.28. The second kappa shape index (κ2) is 6.72. The summed E-state index contributed by atoms with van der Waals surface area (Å²) >= 11 is 1.52. The van der Waals surface area contributed by atoms with Gasteiger partial charge in [0.2, 0.25) is 0 Å². The Bertz CT molecular complexity index is 559. The average molecular weight is 293 g/mol. The van der Waals surface area contributed by atoms with Crippen LogP contribution in [0.1, 0.15) is 24.4 Å². The molecule has 0 aliphatic carbocycles. The Hall–Kier alpha value is -1.59. The molecule has 0 atom stereocenters. The number of benzene rings is 1. The molecule has 20 heavy (non-hydrogen) atoms. The van der Waals surface area contributed by atoms with Crippen molar-refractivity contribution in [2.45, 2.75) is 26.9 Å². The lowest BCUT2D eigenvalue weighted by Crippen LogP contribution is -1.95. The highest BCUT2D eigenvalue weighted by Gasteiger charge is 2.13. The highest BCUT2D eigenvalue weighted by molar-refractivity contribution is 7.15. The molecule has 0 aliphatic rings. The Morgan fingerprint density at radius 2 is 2.05 bits per heavy atom. The van der Waals surface area contributed by atoms with Gasteiger partial charge in [0.05, 0.1) is 30.9 Å². The summed E-state index contributed by atoms with van der Waals surface area (Å²) < 4.78 is 10.9. The molecule has 0 saturated carbocycles. The van der Waals surface area contributed by atoms with Crippen molar-refractivity contribution in [1.29, 1.82) is 0 Å². The van der Waals surface area contributed by atoms with Crippen molar-refractivity contribution in [2.75, 3.05) is 13.7 Å². The van der Waals surface area contributed by atoms with Crippen molar-refractivity contribution >= 4 is 11.3 Å². The molecule has 0 amide bonds. The van der Waals surface area contributed by atoms with E-state index in [9.17, 15) is 5.11 Å². The Morgan fingerprint density at radius 1 is 1.25 bits per heavy atom. The normalized spacial score (nSPS) is 10.6. The van der Waals surface area contributed by atoms with Crippen LogP contribution in [0.15, 0.2) is 18.2 Å². The van der Waals surface area contributed by atoms with Gasteiger partial charge in [-0.25, -0.2) is 4.98 Å². The fraction of sp³-hybridized carbons (Fsp3) is 0.400. The van der Waals surface area contributed by atoms with Gasteiger partial charge in [-0.05, 0) is 31.5 Å². The zero-order chi connectivity index (χ0) is 14.5. The van der Waals surface area contributed by atoms with Crippen molar-refractivity contribution in [3.8, 4) is 22.1 Å². The van der Waals surface area contributed by atoms with Crippen LogP contribution in [-0.4, -0.2) is 23.8 Å². The first-order chi connectivity index (χ1) is 9.73. The van der Waals surface area contributed by atoms with Crippen LogP contribution in [-0.2, 0) is 13.0 Å². The Kier molecular flexibility index (Phi) is 4.98. The van der Waals surface area contributed by atoms with Gasteiger partial charge in [0, 0.05) is 5.56 Å². The maximum Gasteiger partial charge on any atom is 0.161 e. The summed E-state index contributed by atoms with van der Waals surface area (Å²) in [5, 5.41) is 10.3. The van der Waals surface area contributed by atoms with E-state index >= 15 is 0 Å². The fourth-order valence-electron chi connectivity index (χ4n) is 1.98. The highest BCUT2D eigenvalue weighted by Crippen LogP contribution is 2.35. The summed E-state index contributed by atoms with van der Waals surface area (Å²) in [4.78, 5) is 5.52. The molecule has 0 fully saturated rings. The first kappa shape index (κ1) is 14.8. The van der Waals surface area contributed by atoms with Gasteiger partial charge in [-0.3, -0.25) is 0 Å². The molecule has 1 aromatic carbocycles. The number of methoxy groups -OCH3 is 1. The largest absolute Gasteiger partial charge is 0.493 e. The van der Waals surface area contributed by atoms with E-state index in [0.717, 1.165) is 27.6 Å². The van der Waals surface area contributed by atoms with E-state index in [1.807, 2.05) is 32.0 Å². The van der Waals surface area contributed by atoms with Crippen LogP contribution in [0.4, 0.5) is 0 Å². The summed E-state index contributed by atoms with van der Waals surface area (Å²) in [6.45, 7) is 4.60. The average Bonchev–Trinajstić information content (AvgIpc) is 2.91. The molecule has 5 heteroatoms. The molecule has 1 aromatic heterocycles. The van der Waals surface area contributed by atoms with Gasteiger partial charge in [-0.15, -0.1) is 11.3 Å². The number of thiazole rings is 1. The minimum Gasteiger partial charge on any atom is -0.493 e. The van der Waals surface area contributed by atoms with E-state index in [4.69, 9.17) is 9.47 Å². The molecule has 0 saturated heterocycles. The number of hydrogen-bond donors (Lipinski definition) is 1. The van der Waals surface area contributed by atoms with Crippen LogP contribution < -0.4 is 9.47 Å². The van der Waals surface area contributed by atoms with Crippen LogP contribution in [0, 0.1) is 0 Å². The number of aliphatic hydroxyl groups is 1. The number of nitrogens with zero attached hydrogens (tertiary/aromatic N) is 1. The smallest absolute Gasteiger partial charge is 0.161 e. The Labute approximate surface area is 123 Å². The standard InChI is InChI=1S/C15H19NO3S/c1-4-11-14(9-17)20-15(16-11)10-6-7-12(18-3)13(8-10)19-5-2/h6-8,17H,4-5,9H2,1-3H3. The van der Waals surface area contributed by atoms with Crippen molar-refractivity contribution in [3.63, 3.8) is 0 Å². The van der Waals surface area contributed by atoms with Gasteiger partial charge in [0.15, 0.2) is 11.5 Å². The molecule has 2 aromatic rings. The SMILES string of the molecule is CCOc1cc(-c2nc(CC)c(CO)s2)ccc1OC. The number of ether oxygens (including phenoxy) is 2. The number of rotatable bonds is 6. The molecule has 0 aliphatic heterocycles. The Balaban J connectivity index is 2.41. The minimum atomic E-state index is 0.0370. The van der Waals surface area contributed by atoms with Gasteiger partial charge in [0.1, 0.15) is 5.01 Å². The predicted octanol–water partition coefficient (Wildman–Crippen LogP) is 3.27. The molecule has 0 radical (unpaired) electrons. The molecule has 1 N–H and O–H groups in total. The molecular formula is C15H19NO3S. The summed E-state index contributed by atoms with van der Waals surface area (Å²) in [5.74, 6) is 1.43. The van der Waals surface area contributed by atoms with E-state index in [0.29, 0.717) is 18.1 Å². The van der Waals surface area contributed by atoms with Crippen LogP contribution in [0.2, 0.25) is 0 Å². The zero-order valence-corrected chi connectivity index (χ0v) is 12.8. The maximum atomic E-state index is 9.36. The number of aryl methyl sites for hydroxylation is 1. The van der Waals surface area contributed by atoms with Gasteiger partial charge >= 0.3 is 0 Å². The lowest BCUT2D eigenvalue weighted by Gasteiger charge is -2.10. The second-order valence-electron chi connectivity index (χ2n) is 4.20. The molecule has 0 spiro atoms. The first-order valence-corrected chi connectivity index (χ1v) is 7.45. The third kappa shape index (κ3) is 2.94. The molecule has 0 unspecified atom stereocenters. The monoisotopic (exact) mass is 293 g/mol. The van der Waals surface area contributed by atoms with Crippen LogP contribution >= 0.6 is 11.3 Å². The van der Waals surface area contributed by atoms with E-state index in [-0.39, 0.29) is 6.61 Å². The van der Waals surface area contributed by atoms with Crippen molar-refractivity contribution in [1.82, 2.24) is 4.98 Å². The molecule has 2 rings (SSSR count). The quantitative estimate of drug-likeness (QED) is 0.888. The number of hydrogen-bond acceptors (Lipinski definition) is 5. The van der Waals surface area contributed by atoms with Crippen molar-refractivity contribution in [2.24, 2.45) is 0 Å².